The highest BCUT2D eigenvalue weighted by Crippen LogP contribution is 2.17. The third kappa shape index (κ3) is 4.21. The molecule has 8 heteroatoms. The largest absolute Gasteiger partial charge is 0.481 e. The van der Waals surface area contributed by atoms with E-state index < -0.39 is 11.9 Å². The van der Waals surface area contributed by atoms with E-state index in [1.165, 1.54) is 11.0 Å². The maximum atomic E-state index is 12.6. The van der Waals surface area contributed by atoms with Crippen LogP contribution >= 0.6 is 0 Å². The standard InChI is InChI=1S/C20H23N3O5/c1-21(12-19(26)22-9-6-14(7-10-22)20(27)28)18(25)13-23-11-8-17(24)15-4-2-3-5-16(15)23/h2-5,8,11,14H,6-7,9-10,12-13H2,1H3,(H,27,28). The lowest BCUT2D eigenvalue weighted by Crippen LogP contribution is -2.46. The number of carboxylic acid groups (broad SMARTS) is 1. The molecule has 1 N–H and O–H groups in total. The van der Waals surface area contributed by atoms with Gasteiger partial charge in [-0.15, -0.1) is 0 Å². The van der Waals surface area contributed by atoms with Gasteiger partial charge in [0.2, 0.25) is 11.8 Å². The molecule has 3 rings (SSSR count). The molecule has 148 valence electrons. The Labute approximate surface area is 162 Å². The Morgan fingerprint density at radius 1 is 1.14 bits per heavy atom. The molecule has 0 bridgehead atoms. The third-order valence-electron chi connectivity index (χ3n) is 5.19. The third-order valence-corrected chi connectivity index (χ3v) is 5.19. The Balaban J connectivity index is 1.61. The molecule has 0 radical (unpaired) electrons. The van der Waals surface area contributed by atoms with E-state index in [4.69, 9.17) is 5.11 Å². The van der Waals surface area contributed by atoms with Gasteiger partial charge >= 0.3 is 5.97 Å². The number of likely N-dealkylation sites (N-methyl/N-ethyl adjacent to an activating group) is 1. The first-order chi connectivity index (χ1) is 13.4. The van der Waals surface area contributed by atoms with E-state index in [0.29, 0.717) is 36.8 Å². The van der Waals surface area contributed by atoms with Crippen molar-refractivity contribution in [3.05, 3.63) is 46.8 Å². The SMILES string of the molecule is CN(CC(=O)N1CCC(C(=O)O)CC1)C(=O)Cn1ccc(=O)c2ccccc21. The van der Waals surface area contributed by atoms with Gasteiger partial charge in [-0.05, 0) is 25.0 Å². The summed E-state index contributed by atoms with van der Waals surface area (Å²) >= 11 is 0. The molecule has 1 fully saturated rings. The van der Waals surface area contributed by atoms with Crippen LogP contribution in [0.5, 0.6) is 0 Å². The predicted octanol–water partition coefficient (Wildman–Crippen LogP) is 0.783. The van der Waals surface area contributed by atoms with Crippen molar-refractivity contribution in [3.8, 4) is 0 Å². The van der Waals surface area contributed by atoms with Gasteiger partial charge in [-0.2, -0.15) is 0 Å². The van der Waals surface area contributed by atoms with E-state index in [9.17, 15) is 19.2 Å². The number of amides is 2. The number of aromatic nitrogens is 1. The van der Waals surface area contributed by atoms with Crippen LogP contribution in [-0.4, -0.2) is 63.9 Å². The molecule has 0 atom stereocenters. The summed E-state index contributed by atoms with van der Waals surface area (Å²) < 4.78 is 1.69. The molecule has 2 aromatic rings. The lowest BCUT2D eigenvalue weighted by molar-refractivity contribution is -0.146. The maximum Gasteiger partial charge on any atom is 0.306 e. The number of likely N-dealkylation sites (tertiary alicyclic amines) is 1. The molecule has 0 unspecified atom stereocenters. The van der Waals surface area contributed by atoms with E-state index in [1.54, 1.807) is 47.0 Å². The number of piperidine rings is 1. The summed E-state index contributed by atoms with van der Waals surface area (Å²) in [6.07, 6.45) is 2.44. The van der Waals surface area contributed by atoms with Crippen molar-refractivity contribution in [2.75, 3.05) is 26.7 Å². The Kier molecular flexibility index (Phi) is 5.77. The van der Waals surface area contributed by atoms with Gasteiger partial charge in [-0.3, -0.25) is 19.2 Å². The van der Waals surface area contributed by atoms with Gasteiger partial charge in [0.1, 0.15) is 6.54 Å². The molecule has 1 aliphatic rings. The van der Waals surface area contributed by atoms with Gasteiger partial charge in [-0.1, -0.05) is 12.1 Å². The van der Waals surface area contributed by atoms with Crippen LogP contribution in [0, 0.1) is 5.92 Å². The molecule has 28 heavy (non-hydrogen) atoms. The van der Waals surface area contributed by atoms with Crippen LogP contribution in [0.1, 0.15) is 12.8 Å². The summed E-state index contributed by atoms with van der Waals surface area (Å²) in [7, 11) is 1.56. The molecule has 1 aliphatic heterocycles. The van der Waals surface area contributed by atoms with E-state index in [1.807, 2.05) is 0 Å². The minimum absolute atomic E-state index is 0.0195. The van der Waals surface area contributed by atoms with Crippen LogP contribution in [0.2, 0.25) is 0 Å². The van der Waals surface area contributed by atoms with Crippen molar-refractivity contribution in [1.82, 2.24) is 14.4 Å². The second-order valence-electron chi connectivity index (χ2n) is 7.07. The van der Waals surface area contributed by atoms with Gasteiger partial charge in [0.05, 0.1) is 18.0 Å². The van der Waals surface area contributed by atoms with Crippen LogP contribution in [0.3, 0.4) is 0 Å². The lowest BCUT2D eigenvalue weighted by atomic mass is 9.97. The van der Waals surface area contributed by atoms with Gasteiger partial charge in [0, 0.05) is 37.8 Å². The minimum atomic E-state index is -0.826. The van der Waals surface area contributed by atoms with E-state index in [2.05, 4.69) is 0 Å². The summed E-state index contributed by atoms with van der Waals surface area (Å²) in [5.74, 6) is -1.67. The van der Waals surface area contributed by atoms with Crippen LogP contribution in [0.25, 0.3) is 10.9 Å². The highest BCUT2D eigenvalue weighted by atomic mass is 16.4. The maximum absolute atomic E-state index is 12.6. The summed E-state index contributed by atoms with van der Waals surface area (Å²) in [5.41, 5.74) is 0.561. The Morgan fingerprint density at radius 2 is 1.82 bits per heavy atom. The quantitative estimate of drug-likeness (QED) is 0.820. The molecular weight excluding hydrogens is 362 g/mol. The molecule has 1 saturated heterocycles. The second-order valence-corrected chi connectivity index (χ2v) is 7.07. The molecule has 2 heterocycles. The second kappa shape index (κ2) is 8.24. The fourth-order valence-corrected chi connectivity index (χ4v) is 3.43. The Bertz CT molecular complexity index is 960. The number of benzene rings is 1. The average molecular weight is 385 g/mol. The molecule has 8 nitrogen and oxygen atoms in total. The first-order valence-electron chi connectivity index (χ1n) is 9.19. The average Bonchev–Trinajstić information content (AvgIpc) is 2.70. The lowest BCUT2D eigenvalue weighted by Gasteiger charge is -2.31. The van der Waals surface area contributed by atoms with E-state index in [0.717, 1.165) is 0 Å². The molecule has 0 aliphatic carbocycles. The van der Waals surface area contributed by atoms with Crippen molar-refractivity contribution in [3.63, 3.8) is 0 Å². The zero-order chi connectivity index (χ0) is 20.3. The monoisotopic (exact) mass is 385 g/mol. The van der Waals surface area contributed by atoms with Crippen LogP contribution in [0.4, 0.5) is 0 Å². The van der Waals surface area contributed by atoms with Gasteiger partial charge in [0.15, 0.2) is 5.43 Å². The zero-order valence-corrected chi connectivity index (χ0v) is 15.7. The Morgan fingerprint density at radius 3 is 2.50 bits per heavy atom. The molecule has 2 amide bonds. The van der Waals surface area contributed by atoms with Crippen LogP contribution < -0.4 is 5.43 Å². The molecular formula is C20H23N3O5. The number of para-hydroxylation sites is 1. The number of carbonyl (C=O) groups excluding carboxylic acids is 2. The first-order valence-corrected chi connectivity index (χ1v) is 9.19. The number of carbonyl (C=O) groups is 3. The number of hydrogen-bond acceptors (Lipinski definition) is 4. The summed E-state index contributed by atoms with van der Waals surface area (Å²) in [4.78, 5) is 50.9. The number of rotatable bonds is 5. The van der Waals surface area contributed by atoms with E-state index in [-0.39, 0.29) is 30.3 Å². The smallest absolute Gasteiger partial charge is 0.306 e. The number of fused-ring (bicyclic) bond motifs is 1. The number of carboxylic acids is 1. The summed E-state index contributed by atoms with van der Waals surface area (Å²) in [6.45, 7) is 0.741. The van der Waals surface area contributed by atoms with Crippen molar-refractivity contribution < 1.29 is 19.5 Å². The molecule has 1 aromatic heterocycles. The van der Waals surface area contributed by atoms with E-state index >= 15 is 0 Å². The predicted molar refractivity (Wildman–Crippen MR) is 103 cm³/mol. The van der Waals surface area contributed by atoms with Crippen molar-refractivity contribution in [2.24, 2.45) is 5.92 Å². The molecule has 0 saturated carbocycles. The summed E-state index contributed by atoms with van der Waals surface area (Å²) in [6, 6.07) is 8.49. The topological polar surface area (TPSA) is 99.9 Å². The molecule has 1 aromatic carbocycles. The fourth-order valence-electron chi connectivity index (χ4n) is 3.43. The fraction of sp³-hybridized carbons (Fsp3) is 0.400. The van der Waals surface area contributed by atoms with Gasteiger partial charge in [-0.25, -0.2) is 0 Å². The van der Waals surface area contributed by atoms with Crippen LogP contribution in [-0.2, 0) is 20.9 Å². The highest BCUT2D eigenvalue weighted by Gasteiger charge is 2.27. The number of nitrogens with zero attached hydrogens (tertiary/aromatic N) is 3. The van der Waals surface area contributed by atoms with Crippen molar-refractivity contribution in [1.29, 1.82) is 0 Å². The van der Waals surface area contributed by atoms with Crippen molar-refractivity contribution >= 4 is 28.7 Å². The zero-order valence-electron chi connectivity index (χ0n) is 15.7. The number of pyridine rings is 1. The van der Waals surface area contributed by atoms with Gasteiger partial charge in [0.25, 0.3) is 0 Å². The van der Waals surface area contributed by atoms with Gasteiger partial charge < -0.3 is 19.5 Å². The number of aliphatic carboxylic acids is 1. The normalized spacial score (nSPS) is 14.8. The Hall–Kier alpha value is -3.16. The first kappa shape index (κ1) is 19.6. The minimum Gasteiger partial charge on any atom is -0.481 e. The van der Waals surface area contributed by atoms with Crippen LogP contribution in [0.15, 0.2) is 41.3 Å². The number of hydrogen-bond donors (Lipinski definition) is 1. The van der Waals surface area contributed by atoms with Crippen molar-refractivity contribution in [2.45, 2.75) is 19.4 Å². The highest BCUT2D eigenvalue weighted by molar-refractivity contribution is 5.86. The molecule has 0 spiro atoms. The summed E-state index contributed by atoms with van der Waals surface area (Å²) in [5, 5.41) is 9.58.